The molecule has 100 valence electrons. The zero-order valence-electron chi connectivity index (χ0n) is 10.4. The summed E-state index contributed by atoms with van der Waals surface area (Å²) in [5.41, 5.74) is 0.0301. The first-order chi connectivity index (χ1) is 8.85. The Morgan fingerprint density at radius 3 is 2.65 bits per heavy atom. The van der Waals surface area contributed by atoms with Gasteiger partial charge in [-0.2, -0.15) is 13.2 Å². The number of hydrogen-bond donors (Lipinski definition) is 1. The molecule has 5 nitrogen and oxygen atoms in total. The minimum absolute atomic E-state index is 0. The number of nitrogens with one attached hydrogen (secondary N) is 1. The first-order valence-electron chi connectivity index (χ1n) is 5.14. The molecule has 0 aliphatic carbocycles. The van der Waals surface area contributed by atoms with Crippen molar-refractivity contribution in [3.05, 3.63) is 30.0 Å². The molecule has 0 fully saturated rings. The van der Waals surface area contributed by atoms with Crippen LogP contribution in [0.1, 0.15) is 10.4 Å². The molecular formula is C11H7F3LiN3O2. The number of aromatic carboxylic acids is 1. The minimum atomic E-state index is -4.34. The summed E-state index contributed by atoms with van der Waals surface area (Å²) in [6.07, 6.45) is -3.30. The van der Waals surface area contributed by atoms with Crippen LogP contribution in [0, 0.1) is 0 Å². The van der Waals surface area contributed by atoms with Crippen molar-refractivity contribution in [3.63, 3.8) is 0 Å². The molecule has 20 heavy (non-hydrogen) atoms. The van der Waals surface area contributed by atoms with Gasteiger partial charge in [-0.05, 0) is 18.2 Å². The fourth-order valence-corrected chi connectivity index (χ4v) is 1.41. The monoisotopic (exact) mass is 277 g/mol. The normalized spacial score (nSPS) is 10.9. The van der Waals surface area contributed by atoms with E-state index in [1.807, 2.05) is 0 Å². The predicted molar refractivity (Wildman–Crippen MR) is 58.4 cm³/mol. The Hall–Kier alpha value is -1.78. The largest absolute Gasteiger partial charge is 1.00 e. The van der Waals surface area contributed by atoms with Crippen LogP contribution in [0.25, 0.3) is 11.0 Å². The first-order valence-corrected chi connectivity index (χ1v) is 5.14. The molecule has 0 atom stereocenters. The van der Waals surface area contributed by atoms with E-state index in [2.05, 4.69) is 15.3 Å². The Bertz CT molecular complexity index is 634. The van der Waals surface area contributed by atoms with E-state index < -0.39 is 18.7 Å². The van der Waals surface area contributed by atoms with Crippen LogP contribution in [-0.2, 0) is 0 Å². The second kappa shape index (κ2) is 6.11. The smallest absolute Gasteiger partial charge is 0.545 e. The van der Waals surface area contributed by atoms with Crippen molar-refractivity contribution >= 4 is 22.8 Å². The number of alkyl halides is 3. The second-order valence-corrected chi connectivity index (χ2v) is 3.72. The summed E-state index contributed by atoms with van der Waals surface area (Å²) in [5.74, 6) is -1.37. The third kappa shape index (κ3) is 4.11. The predicted octanol–water partition coefficient (Wildman–Crippen LogP) is -2.03. The molecule has 0 aliphatic rings. The molecule has 2 aromatic rings. The summed E-state index contributed by atoms with van der Waals surface area (Å²) in [4.78, 5) is 18.2. The van der Waals surface area contributed by atoms with Crippen LogP contribution in [-0.4, -0.2) is 28.7 Å². The van der Waals surface area contributed by atoms with Crippen molar-refractivity contribution in [1.29, 1.82) is 0 Å². The number of halogens is 3. The van der Waals surface area contributed by atoms with E-state index in [0.717, 1.165) is 6.20 Å². The quantitative estimate of drug-likeness (QED) is 0.655. The van der Waals surface area contributed by atoms with Crippen molar-refractivity contribution in [3.8, 4) is 0 Å². The van der Waals surface area contributed by atoms with Crippen LogP contribution in [0.3, 0.4) is 0 Å². The average molecular weight is 277 g/mol. The number of hydrogen-bond acceptors (Lipinski definition) is 5. The Balaban J connectivity index is 0.00000200. The molecule has 0 saturated heterocycles. The summed E-state index contributed by atoms with van der Waals surface area (Å²) in [6.45, 7) is -1.21. The van der Waals surface area contributed by atoms with Gasteiger partial charge in [0, 0.05) is 17.1 Å². The van der Waals surface area contributed by atoms with E-state index in [4.69, 9.17) is 0 Å². The van der Waals surface area contributed by atoms with Gasteiger partial charge in [0.15, 0.2) is 5.65 Å². The molecule has 0 aliphatic heterocycles. The van der Waals surface area contributed by atoms with Gasteiger partial charge in [-0.15, -0.1) is 0 Å². The van der Waals surface area contributed by atoms with Crippen molar-refractivity contribution in [2.24, 2.45) is 0 Å². The fraction of sp³-hybridized carbons (Fsp3) is 0.182. The molecule has 9 heteroatoms. The zero-order chi connectivity index (χ0) is 14.0. The molecule has 0 unspecified atom stereocenters. The molecule has 0 bridgehead atoms. The molecule has 0 amide bonds. The number of carboxylic acids is 1. The van der Waals surface area contributed by atoms with E-state index in [1.165, 1.54) is 18.2 Å². The number of aromatic nitrogens is 2. The number of anilines is 1. The van der Waals surface area contributed by atoms with Gasteiger partial charge in [-0.1, -0.05) is 0 Å². The van der Waals surface area contributed by atoms with E-state index in [9.17, 15) is 23.1 Å². The van der Waals surface area contributed by atoms with Gasteiger partial charge >= 0.3 is 25.0 Å². The van der Waals surface area contributed by atoms with E-state index in [1.54, 1.807) is 0 Å². The molecule has 2 aromatic heterocycles. The van der Waals surface area contributed by atoms with Gasteiger partial charge in [-0.3, -0.25) is 0 Å². The van der Waals surface area contributed by atoms with Gasteiger partial charge in [0.1, 0.15) is 12.4 Å². The van der Waals surface area contributed by atoms with E-state index in [0.29, 0.717) is 5.39 Å². The second-order valence-electron chi connectivity index (χ2n) is 3.72. The topological polar surface area (TPSA) is 77.9 Å². The average Bonchev–Trinajstić information content (AvgIpc) is 2.34. The number of carbonyl (C=O) groups is 1. The van der Waals surface area contributed by atoms with Crippen LogP contribution in [0.4, 0.5) is 19.0 Å². The van der Waals surface area contributed by atoms with Crippen molar-refractivity contribution in [2.45, 2.75) is 6.18 Å². The summed E-state index contributed by atoms with van der Waals surface area (Å²) in [6, 6.07) is 4.04. The molecule has 0 radical (unpaired) electrons. The Morgan fingerprint density at radius 1 is 1.35 bits per heavy atom. The van der Waals surface area contributed by atoms with Gasteiger partial charge in [0.05, 0.1) is 5.97 Å². The van der Waals surface area contributed by atoms with Crippen LogP contribution < -0.4 is 29.3 Å². The molecule has 1 N–H and O–H groups in total. The van der Waals surface area contributed by atoms with Gasteiger partial charge in [0.2, 0.25) is 0 Å². The zero-order valence-corrected chi connectivity index (χ0v) is 10.4. The van der Waals surface area contributed by atoms with Crippen LogP contribution in [0.2, 0.25) is 0 Å². The Morgan fingerprint density at radius 2 is 2.05 bits per heavy atom. The molecule has 0 spiro atoms. The third-order valence-electron chi connectivity index (χ3n) is 2.25. The third-order valence-corrected chi connectivity index (χ3v) is 2.25. The van der Waals surface area contributed by atoms with Crippen molar-refractivity contribution in [2.75, 3.05) is 11.9 Å². The summed E-state index contributed by atoms with van der Waals surface area (Å²) < 4.78 is 36.1. The number of carbonyl (C=O) groups excluding carboxylic acids is 1. The summed E-state index contributed by atoms with van der Waals surface area (Å²) in [7, 11) is 0. The molecule has 0 aromatic carbocycles. The van der Waals surface area contributed by atoms with Gasteiger partial charge in [-0.25, -0.2) is 9.97 Å². The maximum atomic E-state index is 12.0. The number of carboxylic acid groups (broad SMARTS) is 1. The number of nitrogens with zero attached hydrogens (tertiary/aromatic N) is 2. The van der Waals surface area contributed by atoms with E-state index in [-0.39, 0.29) is 35.9 Å². The Labute approximate surface area is 123 Å². The van der Waals surface area contributed by atoms with Crippen LogP contribution >= 0.6 is 0 Å². The Kier molecular flexibility index (Phi) is 4.97. The number of pyridine rings is 2. The van der Waals surface area contributed by atoms with Crippen molar-refractivity contribution < 1.29 is 41.9 Å². The minimum Gasteiger partial charge on any atom is -0.545 e. The van der Waals surface area contributed by atoms with Gasteiger partial charge in [0.25, 0.3) is 0 Å². The molecular weight excluding hydrogens is 270 g/mol. The van der Waals surface area contributed by atoms with Crippen LogP contribution in [0.5, 0.6) is 0 Å². The van der Waals surface area contributed by atoms with Gasteiger partial charge < -0.3 is 15.2 Å². The summed E-state index contributed by atoms with van der Waals surface area (Å²) >= 11 is 0. The number of rotatable bonds is 3. The molecule has 0 saturated carbocycles. The maximum Gasteiger partial charge on any atom is 1.00 e. The SMILES string of the molecule is O=C([O-])c1cnc2nc(NCC(F)(F)F)ccc2c1.[Li+]. The first kappa shape index (κ1) is 16.3. The molecule has 2 heterocycles. The summed E-state index contributed by atoms with van der Waals surface area (Å²) in [5, 5.41) is 13.1. The maximum absolute atomic E-state index is 12.0. The van der Waals surface area contributed by atoms with Crippen LogP contribution in [0.15, 0.2) is 24.4 Å². The number of fused-ring (bicyclic) bond motifs is 1. The van der Waals surface area contributed by atoms with E-state index >= 15 is 0 Å². The molecule has 2 rings (SSSR count). The standard InChI is InChI=1S/C11H8F3N3O2.Li/c12-11(13,14)5-16-8-2-1-6-3-7(10(18)19)4-15-9(6)17-8;/h1-4H,5H2,(H,18,19)(H,15,16,17);/q;+1/p-1. The van der Waals surface area contributed by atoms with Crippen molar-refractivity contribution in [1.82, 2.24) is 9.97 Å². The fourth-order valence-electron chi connectivity index (χ4n) is 1.41.